The Kier molecular flexibility index (Phi) is 9.20. The van der Waals surface area contributed by atoms with Crippen LogP contribution in [0, 0.1) is 5.82 Å². The van der Waals surface area contributed by atoms with E-state index in [0.29, 0.717) is 0 Å². The highest BCUT2D eigenvalue weighted by atomic mass is 79.9. The average molecular weight is 374 g/mol. The number of hydrogen-bond donors (Lipinski definition) is 1. The van der Waals surface area contributed by atoms with Crippen molar-refractivity contribution in [2.45, 2.75) is 19.4 Å². The third kappa shape index (κ3) is 4.87. The molecule has 1 atom stereocenters. The Morgan fingerprint density at radius 1 is 1.32 bits per heavy atom. The first-order chi connectivity index (χ1) is 8.22. The highest BCUT2D eigenvalue weighted by molar-refractivity contribution is 9.10. The number of halogens is 4. The van der Waals surface area contributed by atoms with E-state index in [-0.39, 0.29) is 36.7 Å². The monoisotopic (exact) mass is 372 g/mol. The normalized spacial score (nSPS) is 17.2. The van der Waals surface area contributed by atoms with E-state index in [1.807, 2.05) is 12.1 Å². The standard InChI is InChI=1S/C13H18BrFN2.2ClH/c1-2-13(17-7-5-16-6-8-17)11-4-3-10(14)9-12(11)15;;/h3-4,9,13,16H,2,5-8H2,1H3;2*1H/t13-;;/m0../s1. The Bertz CT molecular complexity index is 387. The summed E-state index contributed by atoms with van der Waals surface area (Å²) < 4.78 is 14.8. The Balaban J connectivity index is 0.00000162. The van der Waals surface area contributed by atoms with Gasteiger partial charge in [0.15, 0.2) is 0 Å². The molecule has 1 saturated heterocycles. The first kappa shape index (κ1) is 19.1. The maximum absolute atomic E-state index is 14.0. The van der Waals surface area contributed by atoms with Crippen LogP contribution in [0.1, 0.15) is 24.9 Å². The molecule has 0 spiro atoms. The van der Waals surface area contributed by atoms with E-state index in [0.717, 1.165) is 42.6 Å². The third-order valence-electron chi connectivity index (χ3n) is 3.30. The van der Waals surface area contributed by atoms with Crippen LogP contribution in [-0.2, 0) is 0 Å². The summed E-state index contributed by atoms with van der Waals surface area (Å²) in [6.07, 6.45) is 0.943. The number of rotatable bonds is 3. The molecule has 0 aliphatic carbocycles. The Morgan fingerprint density at radius 2 is 1.95 bits per heavy atom. The molecule has 6 heteroatoms. The summed E-state index contributed by atoms with van der Waals surface area (Å²) in [7, 11) is 0. The lowest BCUT2D eigenvalue weighted by atomic mass is 10.0. The quantitative estimate of drug-likeness (QED) is 0.867. The molecule has 2 nitrogen and oxygen atoms in total. The van der Waals surface area contributed by atoms with Crippen LogP contribution in [0.4, 0.5) is 4.39 Å². The Morgan fingerprint density at radius 3 is 2.47 bits per heavy atom. The topological polar surface area (TPSA) is 15.3 Å². The zero-order chi connectivity index (χ0) is 12.3. The minimum atomic E-state index is -0.107. The predicted octanol–water partition coefficient (Wildman–Crippen LogP) is 3.79. The van der Waals surface area contributed by atoms with Gasteiger partial charge in [-0.15, -0.1) is 24.8 Å². The highest BCUT2D eigenvalue weighted by Crippen LogP contribution is 2.28. The van der Waals surface area contributed by atoms with Crippen molar-refractivity contribution >= 4 is 40.7 Å². The van der Waals surface area contributed by atoms with Crippen molar-refractivity contribution in [3.63, 3.8) is 0 Å². The lowest BCUT2D eigenvalue weighted by Gasteiger charge is -2.34. The van der Waals surface area contributed by atoms with Gasteiger partial charge in [-0.3, -0.25) is 4.90 Å². The van der Waals surface area contributed by atoms with Crippen LogP contribution in [0.2, 0.25) is 0 Å². The average Bonchev–Trinajstić information content (AvgIpc) is 2.34. The fraction of sp³-hybridized carbons (Fsp3) is 0.538. The second-order valence-corrected chi connectivity index (χ2v) is 5.29. The van der Waals surface area contributed by atoms with Crippen LogP contribution in [0.5, 0.6) is 0 Å². The molecule has 0 amide bonds. The maximum atomic E-state index is 14.0. The number of piperazine rings is 1. The molecular formula is C13H20BrCl2FN2. The summed E-state index contributed by atoms with van der Waals surface area (Å²) in [6, 6.07) is 5.57. The van der Waals surface area contributed by atoms with Crippen LogP contribution in [-0.4, -0.2) is 31.1 Å². The van der Waals surface area contributed by atoms with Crippen LogP contribution in [0.15, 0.2) is 22.7 Å². The molecule has 110 valence electrons. The molecule has 19 heavy (non-hydrogen) atoms. The lowest BCUT2D eigenvalue weighted by Crippen LogP contribution is -2.45. The molecule has 1 aromatic carbocycles. The molecule has 2 rings (SSSR count). The summed E-state index contributed by atoms with van der Waals surface area (Å²) in [6.45, 7) is 6.10. The van der Waals surface area contributed by atoms with Gasteiger partial charge in [0.2, 0.25) is 0 Å². The predicted molar refractivity (Wildman–Crippen MR) is 86.1 cm³/mol. The molecule has 1 N–H and O–H groups in total. The van der Waals surface area contributed by atoms with Gasteiger partial charge in [-0.1, -0.05) is 28.9 Å². The van der Waals surface area contributed by atoms with E-state index in [4.69, 9.17) is 0 Å². The number of hydrogen-bond acceptors (Lipinski definition) is 2. The SMILES string of the molecule is CC[C@@H](c1ccc(Br)cc1F)N1CCNCC1.Cl.Cl. The van der Waals surface area contributed by atoms with Crippen molar-refractivity contribution in [3.8, 4) is 0 Å². The molecule has 0 radical (unpaired) electrons. The van der Waals surface area contributed by atoms with Gasteiger partial charge in [-0.2, -0.15) is 0 Å². The van der Waals surface area contributed by atoms with Crippen molar-refractivity contribution < 1.29 is 4.39 Å². The zero-order valence-electron chi connectivity index (χ0n) is 10.9. The van der Waals surface area contributed by atoms with Crippen molar-refractivity contribution in [2.24, 2.45) is 0 Å². The summed E-state index contributed by atoms with van der Waals surface area (Å²) in [5, 5.41) is 3.33. The molecule has 1 heterocycles. The molecule has 1 aliphatic heterocycles. The van der Waals surface area contributed by atoms with Crippen molar-refractivity contribution in [2.75, 3.05) is 26.2 Å². The van der Waals surface area contributed by atoms with Crippen molar-refractivity contribution in [1.29, 1.82) is 0 Å². The van der Waals surface area contributed by atoms with E-state index in [1.54, 1.807) is 6.07 Å². The minimum absolute atomic E-state index is 0. The van der Waals surface area contributed by atoms with Crippen molar-refractivity contribution in [1.82, 2.24) is 10.2 Å². The van der Waals surface area contributed by atoms with Gasteiger partial charge in [-0.05, 0) is 18.6 Å². The first-order valence-electron chi connectivity index (χ1n) is 6.12. The van der Waals surface area contributed by atoms with Crippen LogP contribution in [0.25, 0.3) is 0 Å². The van der Waals surface area contributed by atoms with Gasteiger partial charge in [0.1, 0.15) is 5.82 Å². The fourth-order valence-electron chi connectivity index (χ4n) is 2.44. The number of nitrogens with zero attached hydrogens (tertiary/aromatic N) is 1. The van der Waals surface area contributed by atoms with E-state index in [1.165, 1.54) is 0 Å². The van der Waals surface area contributed by atoms with E-state index in [2.05, 4.69) is 33.1 Å². The third-order valence-corrected chi connectivity index (χ3v) is 3.79. The molecular weight excluding hydrogens is 354 g/mol. The van der Waals surface area contributed by atoms with Gasteiger partial charge >= 0.3 is 0 Å². The zero-order valence-corrected chi connectivity index (χ0v) is 14.1. The first-order valence-corrected chi connectivity index (χ1v) is 6.91. The van der Waals surface area contributed by atoms with E-state index >= 15 is 0 Å². The van der Waals surface area contributed by atoms with Crippen LogP contribution < -0.4 is 5.32 Å². The largest absolute Gasteiger partial charge is 0.314 e. The Labute approximate surface area is 135 Å². The van der Waals surface area contributed by atoms with Gasteiger partial charge in [0, 0.05) is 42.3 Å². The molecule has 1 aromatic rings. The summed E-state index contributed by atoms with van der Waals surface area (Å²) >= 11 is 3.30. The molecule has 0 aromatic heterocycles. The second kappa shape index (κ2) is 9.14. The summed E-state index contributed by atoms with van der Waals surface area (Å²) in [5.41, 5.74) is 0.817. The smallest absolute Gasteiger partial charge is 0.129 e. The summed E-state index contributed by atoms with van der Waals surface area (Å²) in [5.74, 6) is -0.107. The molecule has 1 aliphatic rings. The maximum Gasteiger partial charge on any atom is 0.129 e. The Hall–Kier alpha value is 0.130. The highest BCUT2D eigenvalue weighted by Gasteiger charge is 2.22. The van der Waals surface area contributed by atoms with Crippen molar-refractivity contribution in [3.05, 3.63) is 34.1 Å². The van der Waals surface area contributed by atoms with Gasteiger partial charge in [0.25, 0.3) is 0 Å². The van der Waals surface area contributed by atoms with E-state index in [9.17, 15) is 4.39 Å². The minimum Gasteiger partial charge on any atom is -0.314 e. The van der Waals surface area contributed by atoms with Gasteiger partial charge in [0.05, 0.1) is 0 Å². The number of benzene rings is 1. The number of nitrogens with one attached hydrogen (secondary N) is 1. The summed E-state index contributed by atoms with van der Waals surface area (Å²) in [4.78, 5) is 2.36. The molecule has 1 fully saturated rings. The molecule has 0 bridgehead atoms. The van der Waals surface area contributed by atoms with E-state index < -0.39 is 0 Å². The van der Waals surface area contributed by atoms with Gasteiger partial charge in [-0.25, -0.2) is 4.39 Å². The van der Waals surface area contributed by atoms with Crippen LogP contribution in [0.3, 0.4) is 0 Å². The second-order valence-electron chi connectivity index (χ2n) is 4.38. The lowest BCUT2D eigenvalue weighted by molar-refractivity contribution is 0.166. The van der Waals surface area contributed by atoms with Gasteiger partial charge < -0.3 is 5.32 Å². The fourth-order valence-corrected chi connectivity index (χ4v) is 2.77. The molecule has 0 saturated carbocycles. The van der Waals surface area contributed by atoms with Crippen LogP contribution >= 0.6 is 40.7 Å². The molecule has 0 unspecified atom stereocenters.